The molecule has 3 heteroatoms. The first kappa shape index (κ1) is 6.29. The maximum atomic E-state index is 5.56. The smallest absolute Gasteiger partial charge is 0.138 e. The van der Waals surface area contributed by atoms with Gasteiger partial charge in [-0.2, -0.15) is 0 Å². The summed E-state index contributed by atoms with van der Waals surface area (Å²) in [6.07, 6.45) is 1.65. The highest BCUT2D eigenvalue weighted by Gasteiger charge is 2.05. The zero-order valence-electron chi connectivity index (χ0n) is 5.59. The lowest BCUT2D eigenvalue weighted by Gasteiger charge is -1.98. The molecule has 0 aliphatic carbocycles. The average Bonchev–Trinajstić information content (AvgIpc) is 2.13. The van der Waals surface area contributed by atoms with Crippen LogP contribution in [0.3, 0.4) is 0 Å². The quantitative estimate of drug-likeness (QED) is 0.610. The minimum Gasteiger partial charge on any atom is -0.361 e. The molecule has 0 bridgehead atoms. The van der Waals surface area contributed by atoms with Crippen LogP contribution in [0.15, 0.2) is 10.7 Å². The summed E-state index contributed by atoms with van der Waals surface area (Å²) in [7, 11) is 0. The molecule has 0 radical (unpaired) electrons. The van der Waals surface area contributed by atoms with Crippen LogP contribution in [0.2, 0.25) is 0 Å². The molecule has 0 aliphatic rings. The van der Waals surface area contributed by atoms with E-state index in [1.54, 1.807) is 6.20 Å². The van der Waals surface area contributed by atoms with Gasteiger partial charge >= 0.3 is 0 Å². The topological polar surface area (TPSA) is 52.0 Å². The largest absolute Gasteiger partial charge is 0.361 e. The zero-order chi connectivity index (χ0) is 6.85. The predicted molar refractivity (Wildman–Crippen MR) is 33.8 cm³/mol. The number of rotatable bonds is 1. The van der Waals surface area contributed by atoms with Crippen LogP contribution in [-0.4, -0.2) is 5.16 Å². The molecule has 50 valence electrons. The average molecular weight is 126 g/mol. The first-order valence-corrected chi connectivity index (χ1v) is 2.88. The molecule has 1 heterocycles. The van der Waals surface area contributed by atoms with Crippen LogP contribution < -0.4 is 5.73 Å². The molecule has 1 aromatic heterocycles. The van der Waals surface area contributed by atoms with Gasteiger partial charge in [0.25, 0.3) is 0 Å². The van der Waals surface area contributed by atoms with Gasteiger partial charge in [-0.25, -0.2) is 0 Å². The Morgan fingerprint density at radius 3 is 2.67 bits per heavy atom. The molecule has 0 aromatic carbocycles. The number of hydrogen-bond donors (Lipinski definition) is 1. The fourth-order valence-corrected chi connectivity index (χ4v) is 0.744. The lowest BCUT2D eigenvalue weighted by Crippen LogP contribution is -2.04. The Morgan fingerprint density at radius 1 is 1.78 bits per heavy atom. The fourth-order valence-electron chi connectivity index (χ4n) is 0.744. The molecule has 1 aromatic rings. The summed E-state index contributed by atoms with van der Waals surface area (Å²) in [6, 6.07) is 0.0243. The van der Waals surface area contributed by atoms with Crippen molar-refractivity contribution < 1.29 is 4.52 Å². The summed E-state index contributed by atoms with van der Waals surface area (Å²) in [5.41, 5.74) is 6.54. The third kappa shape index (κ3) is 1.10. The molecule has 0 saturated carbocycles. The zero-order valence-corrected chi connectivity index (χ0v) is 5.59. The van der Waals surface area contributed by atoms with E-state index in [4.69, 9.17) is 10.3 Å². The van der Waals surface area contributed by atoms with Crippen molar-refractivity contribution in [1.29, 1.82) is 0 Å². The van der Waals surface area contributed by atoms with E-state index in [1.807, 2.05) is 13.8 Å². The van der Waals surface area contributed by atoms with E-state index in [0.717, 1.165) is 11.3 Å². The number of nitrogens with zero attached hydrogens (tertiary/aromatic N) is 1. The molecule has 2 N–H and O–H groups in total. The van der Waals surface area contributed by atoms with Gasteiger partial charge in [-0.15, -0.1) is 0 Å². The van der Waals surface area contributed by atoms with E-state index in [-0.39, 0.29) is 6.04 Å². The van der Waals surface area contributed by atoms with Crippen LogP contribution in [0, 0.1) is 6.92 Å². The third-order valence-corrected chi connectivity index (χ3v) is 1.28. The maximum absolute atomic E-state index is 5.56. The second kappa shape index (κ2) is 2.19. The molecule has 0 amide bonds. The van der Waals surface area contributed by atoms with Crippen molar-refractivity contribution in [1.82, 2.24) is 5.16 Å². The van der Waals surface area contributed by atoms with Crippen molar-refractivity contribution >= 4 is 0 Å². The molecule has 9 heavy (non-hydrogen) atoms. The summed E-state index contributed by atoms with van der Waals surface area (Å²) in [5.74, 6) is 0.810. The molecule has 1 rings (SSSR count). The van der Waals surface area contributed by atoms with Crippen molar-refractivity contribution in [3.63, 3.8) is 0 Å². The van der Waals surface area contributed by atoms with Crippen molar-refractivity contribution in [2.75, 3.05) is 0 Å². The molecular weight excluding hydrogens is 116 g/mol. The van der Waals surface area contributed by atoms with E-state index in [2.05, 4.69) is 5.16 Å². The lowest BCUT2D eigenvalue weighted by molar-refractivity contribution is 0.395. The van der Waals surface area contributed by atoms with Gasteiger partial charge in [0.05, 0.1) is 6.20 Å². The van der Waals surface area contributed by atoms with Crippen LogP contribution in [0.4, 0.5) is 0 Å². The molecule has 0 aliphatic heterocycles. The first-order valence-electron chi connectivity index (χ1n) is 2.88. The number of hydrogen-bond acceptors (Lipinski definition) is 3. The molecule has 3 nitrogen and oxygen atoms in total. The molecule has 1 unspecified atom stereocenters. The van der Waals surface area contributed by atoms with E-state index < -0.39 is 0 Å². The van der Waals surface area contributed by atoms with E-state index in [9.17, 15) is 0 Å². The van der Waals surface area contributed by atoms with Crippen LogP contribution in [0.25, 0.3) is 0 Å². The second-order valence-corrected chi connectivity index (χ2v) is 2.13. The Bertz CT molecular complexity index is 193. The van der Waals surface area contributed by atoms with E-state index in [1.165, 1.54) is 0 Å². The van der Waals surface area contributed by atoms with Gasteiger partial charge in [0, 0.05) is 11.6 Å². The Morgan fingerprint density at radius 2 is 2.44 bits per heavy atom. The van der Waals surface area contributed by atoms with Gasteiger partial charge in [0.15, 0.2) is 0 Å². The van der Waals surface area contributed by atoms with Gasteiger partial charge in [-0.05, 0) is 13.8 Å². The second-order valence-electron chi connectivity index (χ2n) is 2.13. The van der Waals surface area contributed by atoms with Crippen LogP contribution in [0.5, 0.6) is 0 Å². The predicted octanol–water partition coefficient (Wildman–Crippen LogP) is 1.00. The highest BCUT2D eigenvalue weighted by molar-refractivity contribution is 5.14. The minimum atomic E-state index is 0.0243. The van der Waals surface area contributed by atoms with Gasteiger partial charge in [0.2, 0.25) is 0 Å². The SMILES string of the molecule is Cc1oncc1C(C)N. The van der Waals surface area contributed by atoms with Gasteiger partial charge < -0.3 is 10.3 Å². The van der Waals surface area contributed by atoms with Crippen molar-refractivity contribution in [3.05, 3.63) is 17.5 Å². The summed E-state index contributed by atoms with van der Waals surface area (Å²) >= 11 is 0. The van der Waals surface area contributed by atoms with E-state index >= 15 is 0 Å². The van der Waals surface area contributed by atoms with Gasteiger partial charge in [-0.3, -0.25) is 0 Å². The molecular formula is C6H10N2O. The first-order chi connectivity index (χ1) is 4.22. The maximum Gasteiger partial charge on any atom is 0.138 e. The Hall–Kier alpha value is -0.830. The van der Waals surface area contributed by atoms with Gasteiger partial charge in [-0.1, -0.05) is 5.16 Å². The molecule has 0 saturated heterocycles. The van der Waals surface area contributed by atoms with Crippen molar-refractivity contribution in [3.8, 4) is 0 Å². The van der Waals surface area contributed by atoms with E-state index in [0.29, 0.717) is 0 Å². The number of aryl methyl sites for hydroxylation is 1. The standard InChI is InChI=1S/C6H10N2O/c1-4(7)6-3-8-9-5(6)2/h3-4H,7H2,1-2H3. The summed E-state index contributed by atoms with van der Waals surface area (Å²) in [6.45, 7) is 3.76. The Balaban J connectivity index is 2.94. The Labute approximate surface area is 53.8 Å². The van der Waals surface area contributed by atoms with Crippen LogP contribution in [0.1, 0.15) is 24.3 Å². The molecule has 0 spiro atoms. The number of aromatic nitrogens is 1. The van der Waals surface area contributed by atoms with Crippen molar-refractivity contribution in [2.45, 2.75) is 19.9 Å². The highest BCUT2D eigenvalue weighted by atomic mass is 16.5. The normalized spacial score (nSPS) is 13.7. The minimum absolute atomic E-state index is 0.0243. The number of nitrogens with two attached hydrogens (primary N) is 1. The lowest BCUT2D eigenvalue weighted by atomic mass is 10.1. The fraction of sp³-hybridized carbons (Fsp3) is 0.500. The van der Waals surface area contributed by atoms with Gasteiger partial charge in [0.1, 0.15) is 5.76 Å². The summed E-state index contributed by atoms with van der Waals surface area (Å²) < 4.78 is 4.80. The monoisotopic (exact) mass is 126 g/mol. The summed E-state index contributed by atoms with van der Waals surface area (Å²) in [5, 5.41) is 3.59. The third-order valence-electron chi connectivity index (χ3n) is 1.28. The highest BCUT2D eigenvalue weighted by Crippen LogP contribution is 2.12. The van der Waals surface area contributed by atoms with Crippen LogP contribution >= 0.6 is 0 Å². The van der Waals surface area contributed by atoms with Crippen molar-refractivity contribution in [2.24, 2.45) is 5.73 Å². The molecule has 1 atom stereocenters. The molecule has 0 fully saturated rings. The Kier molecular flexibility index (Phi) is 1.53. The van der Waals surface area contributed by atoms with Crippen LogP contribution in [-0.2, 0) is 0 Å². The summed E-state index contributed by atoms with van der Waals surface area (Å²) in [4.78, 5) is 0.